The number of carboxylic acid groups (broad SMARTS) is 1. The quantitative estimate of drug-likeness (QED) is 0.520. The van der Waals surface area contributed by atoms with Crippen molar-refractivity contribution in [2.24, 2.45) is 0 Å². The summed E-state index contributed by atoms with van der Waals surface area (Å²) in [7, 11) is 1.44. The SMILES string of the molecule is COc1nc(Br)c(F)cc1-n1c2c(ccc1=O)CNCC2.O=C(O)C(F)(F)F. The molecule has 0 atom stereocenters. The number of ether oxygens (including phenoxy) is 1. The minimum absolute atomic E-state index is 0.0580. The third kappa shape index (κ3) is 4.87. The molecule has 7 nitrogen and oxygen atoms in total. The zero-order valence-electron chi connectivity index (χ0n) is 14.3. The van der Waals surface area contributed by atoms with Crippen LogP contribution in [0.2, 0.25) is 0 Å². The van der Waals surface area contributed by atoms with Crippen LogP contribution >= 0.6 is 15.9 Å². The van der Waals surface area contributed by atoms with E-state index in [2.05, 4.69) is 26.2 Å². The molecule has 12 heteroatoms. The molecule has 0 saturated carbocycles. The van der Waals surface area contributed by atoms with E-state index < -0.39 is 18.0 Å². The zero-order chi connectivity index (χ0) is 21.1. The number of aromatic nitrogens is 2. The maximum Gasteiger partial charge on any atom is 0.490 e. The molecule has 0 radical (unpaired) electrons. The molecule has 1 aliphatic heterocycles. The first-order chi connectivity index (χ1) is 13.1. The van der Waals surface area contributed by atoms with Gasteiger partial charge in [-0.05, 0) is 21.5 Å². The van der Waals surface area contributed by atoms with Gasteiger partial charge in [-0.3, -0.25) is 9.36 Å². The van der Waals surface area contributed by atoms with Crippen LogP contribution in [-0.4, -0.2) is 40.5 Å². The molecule has 1 aliphatic rings. The Morgan fingerprint density at radius 2 is 2.04 bits per heavy atom. The summed E-state index contributed by atoms with van der Waals surface area (Å²) >= 11 is 3.02. The van der Waals surface area contributed by atoms with E-state index in [1.165, 1.54) is 23.8 Å². The summed E-state index contributed by atoms with van der Waals surface area (Å²) in [6, 6.07) is 4.54. The van der Waals surface area contributed by atoms with Gasteiger partial charge in [-0.25, -0.2) is 14.2 Å². The molecule has 2 N–H and O–H groups in total. The van der Waals surface area contributed by atoms with Gasteiger partial charge in [-0.1, -0.05) is 6.07 Å². The summed E-state index contributed by atoms with van der Waals surface area (Å²) in [6.07, 6.45) is -4.40. The second-order valence-electron chi connectivity index (χ2n) is 5.50. The van der Waals surface area contributed by atoms with E-state index in [4.69, 9.17) is 14.6 Å². The number of fused-ring (bicyclic) bond motifs is 1. The van der Waals surface area contributed by atoms with Crippen LogP contribution in [0.3, 0.4) is 0 Å². The van der Waals surface area contributed by atoms with Gasteiger partial charge in [-0.15, -0.1) is 0 Å². The van der Waals surface area contributed by atoms with E-state index in [1.54, 1.807) is 6.07 Å². The van der Waals surface area contributed by atoms with Crippen LogP contribution in [0.15, 0.2) is 27.6 Å². The molecule has 3 heterocycles. The normalized spacial score (nSPS) is 13.2. The maximum atomic E-state index is 13.9. The molecule has 2 aromatic rings. The molecule has 0 aromatic carbocycles. The highest BCUT2D eigenvalue weighted by Gasteiger charge is 2.38. The van der Waals surface area contributed by atoms with Crippen molar-refractivity contribution in [2.75, 3.05) is 13.7 Å². The van der Waals surface area contributed by atoms with E-state index in [-0.39, 0.29) is 16.0 Å². The first-order valence-corrected chi connectivity index (χ1v) is 8.50. The van der Waals surface area contributed by atoms with Crippen LogP contribution in [-0.2, 0) is 17.8 Å². The molecule has 3 rings (SSSR count). The van der Waals surface area contributed by atoms with E-state index >= 15 is 0 Å². The number of hydrogen-bond donors (Lipinski definition) is 2. The number of nitrogens with one attached hydrogen (secondary N) is 1. The lowest BCUT2D eigenvalue weighted by Gasteiger charge is -2.22. The van der Waals surface area contributed by atoms with E-state index in [0.29, 0.717) is 18.7 Å². The van der Waals surface area contributed by atoms with Gasteiger partial charge in [0.25, 0.3) is 5.56 Å². The predicted octanol–water partition coefficient (Wildman–Crippen LogP) is 2.42. The maximum absolute atomic E-state index is 13.9. The number of pyridine rings is 2. The van der Waals surface area contributed by atoms with Crippen LogP contribution in [0.4, 0.5) is 17.6 Å². The average molecular weight is 468 g/mol. The minimum Gasteiger partial charge on any atom is -0.479 e. The molecule has 28 heavy (non-hydrogen) atoms. The fourth-order valence-electron chi connectivity index (χ4n) is 2.50. The largest absolute Gasteiger partial charge is 0.490 e. The van der Waals surface area contributed by atoms with Crippen molar-refractivity contribution in [3.8, 4) is 11.6 Å². The second-order valence-corrected chi connectivity index (χ2v) is 6.25. The molecule has 152 valence electrons. The van der Waals surface area contributed by atoms with Crippen LogP contribution in [0, 0.1) is 5.82 Å². The zero-order valence-corrected chi connectivity index (χ0v) is 15.9. The third-order valence-electron chi connectivity index (χ3n) is 3.70. The number of methoxy groups -OCH3 is 1. The summed E-state index contributed by atoms with van der Waals surface area (Å²) in [5.74, 6) is -3.09. The lowest BCUT2D eigenvalue weighted by molar-refractivity contribution is -0.192. The smallest absolute Gasteiger partial charge is 0.479 e. The number of rotatable bonds is 2. The molecule has 0 fully saturated rings. The number of carbonyl (C=O) groups is 1. The van der Waals surface area contributed by atoms with Gasteiger partial charge in [0.1, 0.15) is 10.3 Å². The Bertz CT molecular complexity index is 947. The first kappa shape index (κ1) is 21.8. The second kappa shape index (κ2) is 8.69. The van der Waals surface area contributed by atoms with Crippen molar-refractivity contribution in [3.63, 3.8) is 0 Å². The molecule has 0 unspecified atom stereocenters. The fourth-order valence-corrected chi connectivity index (χ4v) is 2.77. The summed E-state index contributed by atoms with van der Waals surface area (Å²) in [5.41, 5.74) is 1.98. The van der Waals surface area contributed by atoms with Crippen molar-refractivity contribution >= 4 is 21.9 Å². The Balaban J connectivity index is 0.000000345. The highest BCUT2D eigenvalue weighted by Crippen LogP contribution is 2.27. The number of aliphatic carboxylic acids is 1. The van der Waals surface area contributed by atoms with Gasteiger partial charge in [0.2, 0.25) is 5.88 Å². The van der Waals surface area contributed by atoms with Gasteiger partial charge >= 0.3 is 12.1 Å². The molecule has 2 aromatic heterocycles. The predicted molar refractivity (Wildman–Crippen MR) is 93.1 cm³/mol. The highest BCUT2D eigenvalue weighted by atomic mass is 79.9. The van der Waals surface area contributed by atoms with Crippen molar-refractivity contribution in [2.45, 2.75) is 19.1 Å². The molecular formula is C16H14BrF4N3O4. The van der Waals surface area contributed by atoms with E-state index in [0.717, 1.165) is 17.8 Å². The number of nitrogens with zero attached hydrogens (tertiary/aromatic N) is 2. The molecule has 0 saturated heterocycles. The molecule has 0 amide bonds. The molecular weight excluding hydrogens is 454 g/mol. The van der Waals surface area contributed by atoms with Gasteiger partial charge in [0.15, 0.2) is 5.82 Å². The highest BCUT2D eigenvalue weighted by molar-refractivity contribution is 9.10. The Hall–Kier alpha value is -2.47. The van der Waals surface area contributed by atoms with Crippen molar-refractivity contribution in [1.29, 1.82) is 0 Å². The fraction of sp³-hybridized carbons (Fsp3) is 0.312. The van der Waals surface area contributed by atoms with E-state index in [9.17, 15) is 22.4 Å². The van der Waals surface area contributed by atoms with Crippen LogP contribution in [0.1, 0.15) is 11.3 Å². The average Bonchev–Trinajstić information content (AvgIpc) is 2.63. The number of carboxylic acids is 1. The van der Waals surface area contributed by atoms with Crippen molar-refractivity contribution in [3.05, 3.63) is 50.2 Å². The summed E-state index contributed by atoms with van der Waals surface area (Å²) in [5, 5.41) is 10.4. The van der Waals surface area contributed by atoms with Crippen LogP contribution in [0.25, 0.3) is 5.69 Å². The Morgan fingerprint density at radius 1 is 1.39 bits per heavy atom. The minimum atomic E-state index is -5.08. The molecule has 0 aliphatic carbocycles. The third-order valence-corrected chi connectivity index (χ3v) is 4.25. The van der Waals surface area contributed by atoms with Gasteiger partial charge in [0, 0.05) is 37.3 Å². The summed E-state index contributed by atoms with van der Waals surface area (Å²) in [6.45, 7) is 1.45. The Kier molecular flexibility index (Phi) is 6.77. The van der Waals surface area contributed by atoms with Crippen molar-refractivity contribution in [1.82, 2.24) is 14.9 Å². The van der Waals surface area contributed by atoms with E-state index in [1.807, 2.05) is 0 Å². The number of alkyl halides is 3. The first-order valence-electron chi connectivity index (χ1n) is 7.71. The van der Waals surface area contributed by atoms with Crippen molar-refractivity contribution < 1.29 is 32.2 Å². The standard InChI is InChI=1S/C14H13BrFN3O2.C2HF3O2/c1-21-14-11(6-9(16)13(15)18-14)19-10-4-5-17-7-8(10)2-3-12(19)20;3-2(4,5)1(6)7/h2-3,6,17H,4-5,7H2,1H3;(H,6,7). The van der Waals surface area contributed by atoms with Gasteiger partial charge in [0.05, 0.1) is 7.11 Å². The Labute approximate surface area is 164 Å². The molecule has 0 spiro atoms. The van der Waals surface area contributed by atoms with Crippen LogP contribution < -0.4 is 15.6 Å². The molecule has 0 bridgehead atoms. The van der Waals surface area contributed by atoms with Gasteiger partial charge in [-0.2, -0.15) is 13.2 Å². The summed E-state index contributed by atoms with van der Waals surface area (Å²) < 4.78 is 52.3. The Morgan fingerprint density at radius 3 is 2.61 bits per heavy atom. The summed E-state index contributed by atoms with van der Waals surface area (Å²) in [4.78, 5) is 25.2. The van der Waals surface area contributed by atoms with Gasteiger partial charge < -0.3 is 15.2 Å². The lowest BCUT2D eigenvalue weighted by atomic mass is 10.1. The lowest BCUT2D eigenvalue weighted by Crippen LogP contribution is -2.31. The topological polar surface area (TPSA) is 93.5 Å². The van der Waals surface area contributed by atoms with Crippen LogP contribution in [0.5, 0.6) is 5.88 Å². The monoisotopic (exact) mass is 467 g/mol. The number of hydrogen-bond acceptors (Lipinski definition) is 5. The number of halogens is 5.